The molecule has 666 valence electrons. The van der Waals surface area contributed by atoms with Crippen molar-refractivity contribution in [2.45, 2.75) is 16.2 Å². The van der Waals surface area contributed by atoms with Crippen molar-refractivity contribution in [3.05, 3.63) is 552 Å². The van der Waals surface area contributed by atoms with E-state index in [0.29, 0.717) is 0 Å². The number of hydrogen-bond acceptors (Lipinski definition) is 9. The van der Waals surface area contributed by atoms with Gasteiger partial charge in [0, 0.05) is 94.9 Å². The average molecular weight is 1820 g/mol. The van der Waals surface area contributed by atoms with Crippen LogP contribution in [0.15, 0.2) is 499 Å². The minimum absolute atomic E-state index is 0.484. The van der Waals surface area contributed by atoms with Crippen molar-refractivity contribution in [3.63, 3.8) is 0 Å². The second-order valence-corrected chi connectivity index (χ2v) is 37.5. The fourth-order valence-corrected chi connectivity index (χ4v) is 24.3. The first-order valence-corrected chi connectivity index (χ1v) is 48.5. The van der Waals surface area contributed by atoms with E-state index in [4.69, 9.17) is 27.5 Å². The first-order valence-electron chi connectivity index (χ1n) is 48.5. The van der Waals surface area contributed by atoms with Crippen molar-refractivity contribution in [1.82, 2.24) is 0 Å². The summed E-state index contributed by atoms with van der Waals surface area (Å²) in [6, 6.07) is 172. The molecule has 6 aliphatic rings. The molecule has 3 aromatic heterocycles. The lowest BCUT2D eigenvalue weighted by atomic mass is 9.66. The number of anilines is 6. The van der Waals surface area contributed by atoms with Gasteiger partial charge in [-0.2, -0.15) is 0 Å². The van der Waals surface area contributed by atoms with E-state index in [1.54, 1.807) is 0 Å². The Bertz CT molecular complexity index is 9370. The van der Waals surface area contributed by atoms with Crippen LogP contribution in [-0.2, 0) is 16.2 Å². The maximum absolute atomic E-state index is 6.81. The summed E-state index contributed by atoms with van der Waals surface area (Å²) in [5.41, 5.74) is 38.5. The number of ether oxygens (including phenoxy) is 3. The zero-order chi connectivity index (χ0) is 93.3. The quantitative estimate of drug-likeness (QED) is 0.130. The molecule has 3 N–H and O–H groups in total. The van der Waals surface area contributed by atoms with Crippen LogP contribution in [0.3, 0.4) is 0 Å². The molecule has 25 aromatic rings. The zero-order valence-corrected chi connectivity index (χ0v) is 76.6. The Morgan fingerprint density at radius 1 is 0.169 bits per heavy atom. The molecule has 3 spiro atoms. The second-order valence-electron chi connectivity index (χ2n) is 37.5. The van der Waals surface area contributed by atoms with Crippen LogP contribution in [0.4, 0.5) is 34.1 Å². The summed E-state index contributed by atoms with van der Waals surface area (Å²) in [5, 5.41) is 20.2. The SMILES string of the molecule is c1ccc(-c2ccc3c(c2)oc2cc(Nc4cccc5c4Oc4ccccc4C54c5ccccc5-c5ccccc54)ccc23)cc1.c1ccc(-c2ccc3c(c2)oc2ccc(Nc4cccc5c4Oc4ccccc4C54c5ccccc5-c5ccccc54)cc23)cc1.c1ccc2c(c1)Oc1cc(Nc3ccc(-c4cccc5ccccc45)c4c3oc3ccccc34)ccc1C21c2ccccc2-c2ccccc21. The third kappa shape index (κ3) is 12.0. The predicted molar refractivity (Wildman–Crippen MR) is 576 cm³/mol. The fourth-order valence-electron chi connectivity index (χ4n) is 24.3. The minimum Gasteiger partial charge on any atom is -0.457 e. The minimum atomic E-state index is -0.492. The highest BCUT2D eigenvalue weighted by Gasteiger charge is 2.55. The molecule has 0 bridgehead atoms. The average Bonchev–Trinajstić information content (AvgIpc) is 1.52. The Hall–Kier alpha value is -18.7. The van der Waals surface area contributed by atoms with Crippen molar-refractivity contribution in [3.8, 4) is 101 Å². The Morgan fingerprint density at radius 2 is 0.528 bits per heavy atom. The Balaban J connectivity index is 0.000000102. The molecular formula is C133H83N3O6. The van der Waals surface area contributed by atoms with Gasteiger partial charge in [0.2, 0.25) is 0 Å². The largest absolute Gasteiger partial charge is 0.457 e. The van der Waals surface area contributed by atoms with Crippen molar-refractivity contribution < 1.29 is 27.5 Å². The fraction of sp³-hybridized carbons (Fsp3) is 0.0226. The van der Waals surface area contributed by atoms with Crippen LogP contribution in [0.5, 0.6) is 34.5 Å². The molecule has 0 unspecified atom stereocenters. The highest BCUT2D eigenvalue weighted by atomic mass is 16.5. The number of rotatable bonds is 9. The molecule has 22 aromatic carbocycles. The van der Waals surface area contributed by atoms with Crippen molar-refractivity contribution in [2.24, 2.45) is 0 Å². The van der Waals surface area contributed by atoms with Crippen LogP contribution >= 0.6 is 0 Å². The van der Waals surface area contributed by atoms with E-state index in [-0.39, 0.29) is 0 Å². The van der Waals surface area contributed by atoms with Gasteiger partial charge in [-0.15, -0.1) is 0 Å². The van der Waals surface area contributed by atoms with Crippen LogP contribution < -0.4 is 30.2 Å². The van der Waals surface area contributed by atoms with Gasteiger partial charge < -0.3 is 43.4 Å². The van der Waals surface area contributed by atoms with Crippen LogP contribution in [0.1, 0.15) is 66.8 Å². The molecule has 142 heavy (non-hydrogen) atoms. The smallest absolute Gasteiger partial charge is 0.159 e. The first-order chi connectivity index (χ1) is 70.4. The Kier molecular flexibility index (Phi) is 18.0. The summed E-state index contributed by atoms with van der Waals surface area (Å²) >= 11 is 0. The monoisotopic (exact) mass is 1820 g/mol. The van der Waals surface area contributed by atoms with Gasteiger partial charge in [0.25, 0.3) is 0 Å². The van der Waals surface area contributed by atoms with E-state index < -0.39 is 16.2 Å². The highest BCUT2D eigenvalue weighted by Crippen LogP contribution is 2.67. The third-order valence-corrected chi connectivity index (χ3v) is 30.2. The topological polar surface area (TPSA) is 103 Å². The van der Waals surface area contributed by atoms with Crippen LogP contribution in [0.2, 0.25) is 0 Å². The van der Waals surface area contributed by atoms with E-state index in [1.807, 2.05) is 24.3 Å². The van der Waals surface area contributed by atoms with Gasteiger partial charge in [-0.05, 0) is 214 Å². The number of para-hydroxylation sites is 6. The number of nitrogens with one attached hydrogen (secondary N) is 3. The third-order valence-electron chi connectivity index (χ3n) is 30.2. The lowest BCUT2D eigenvalue weighted by Crippen LogP contribution is -2.32. The van der Waals surface area contributed by atoms with Crippen molar-refractivity contribution in [2.75, 3.05) is 16.0 Å². The van der Waals surface area contributed by atoms with Gasteiger partial charge in [0.05, 0.1) is 33.3 Å². The summed E-state index contributed by atoms with van der Waals surface area (Å²) in [6.07, 6.45) is 0. The molecule has 31 rings (SSSR count). The van der Waals surface area contributed by atoms with Gasteiger partial charge in [-0.3, -0.25) is 0 Å². The maximum atomic E-state index is 6.81. The number of furan rings is 3. The lowest BCUT2D eigenvalue weighted by molar-refractivity contribution is 0.436. The molecule has 0 saturated carbocycles. The zero-order valence-electron chi connectivity index (χ0n) is 76.6. The summed E-state index contributed by atoms with van der Waals surface area (Å²) in [6.45, 7) is 0. The molecule has 6 heterocycles. The second kappa shape index (κ2) is 31.7. The molecule has 9 heteroatoms. The Morgan fingerprint density at radius 3 is 1.06 bits per heavy atom. The molecule has 0 radical (unpaired) electrons. The van der Waals surface area contributed by atoms with Gasteiger partial charge in [-0.1, -0.05) is 370 Å². The predicted octanol–water partition coefficient (Wildman–Crippen LogP) is 35.5. The number of benzene rings is 22. The van der Waals surface area contributed by atoms with Gasteiger partial charge in [-0.25, -0.2) is 0 Å². The van der Waals surface area contributed by atoms with Crippen LogP contribution in [-0.4, -0.2) is 0 Å². The van der Waals surface area contributed by atoms with E-state index in [1.165, 1.54) is 105 Å². The number of fused-ring (bicyclic) bond motifs is 37. The summed E-state index contributed by atoms with van der Waals surface area (Å²) in [7, 11) is 0. The van der Waals surface area contributed by atoms with Gasteiger partial charge >= 0.3 is 0 Å². The normalized spacial score (nSPS) is 13.5. The summed E-state index contributed by atoms with van der Waals surface area (Å²) in [5.74, 6) is 5.15. The standard InChI is InChI=1S/C47H29NO2.2C43H27NO2/c1-2-14-31-29(12-1)13-11-18-32(31)35-25-27-41(46-45(35)36-17-5-9-22-42(36)50-46)48-30-24-26-40-44(28-30)49-43-23-10-8-21-39(43)47(40)37-19-6-3-15-33(37)34-16-4-7-20-38(34)47;1-2-11-27(12-3-1)28-21-23-32-33-26-29(22-24-39(33)45-41(32)25-28)44-38-19-10-18-37-42(38)46-40-20-9-8-17-36(40)43(37)34-15-6-4-13-30(34)31-14-5-7-16-35(31)43;1-2-11-27(12-3-1)28-21-23-32-33-24-22-29(26-41(33)45-40(32)25-28)44-38-19-10-18-37-42(38)46-39-20-9-8-17-36(39)43(37)34-15-6-4-13-30(34)31-14-5-7-16-35(31)43/h1-28,48H;2*1-26,44H. The van der Waals surface area contributed by atoms with Gasteiger partial charge in [0.15, 0.2) is 17.1 Å². The highest BCUT2D eigenvalue weighted by molar-refractivity contribution is 6.19. The molecule has 0 fully saturated rings. The molecule has 3 aliphatic heterocycles. The van der Waals surface area contributed by atoms with Crippen molar-refractivity contribution in [1.29, 1.82) is 0 Å². The molecule has 9 nitrogen and oxygen atoms in total. The number of hydrogen-bond donors (Lipinski definition) is 3. The van der Waals surface area contributed by atoms with Gasteiger partial charge in [0.1, 0.15) is 50.9 Å². The Labute approximate surface area is 818 Å². The first kappa shape index (κ1) is 80.6. The van der Waals surface area contributed by atoms with Crippen LogP contribution in [0, 0.1) is 0 Å². The summed E-state index contributed by atoms with van der Waals surface area (Å²) in [4.78, 5) is 0. The van der Waals surface area contributed by atoms with E-state index >= 15 is 0 Å². The molecule has 3 aliphatic carbocycles. The van der Waals surface area contributed by atoms with E-state index in [2.05, 4.69) is 477 Å². The summed E-state index contributed by atoms with van der Waals surface area (Å²) < 4.78 is 39.8. The molecule has 0 saturated heterocycles. The van der Waals surface area contributed by atoms with Crippen LogP contribution in [0.25, 0.3) is 143 Å². The molecular weight excluding hydrogens is 1740 g/mol. The molecule has 0 amide bonds. The van der Waals surface area contributed by atoms with Crippen molar-refractivity contribution >= 4 is 111 Å². The lowest BCUT2D eigenvalue weighted by Gasteiger charge is -2.40. The molecule has 0 atom stereocenters. The maximum Gasteiger partial charge on any atom is 0.159 e. The van der Waals surface area contributed by atoms with E-state index in [0.717, 1.165) is 173 Å². The van der Waals surface area contributed by atoms with E-state index in [9.17, 15) is 0 Å².